The molecule has 0 aliphatic carbocycles. The first-order chi connectivity index (χ1) is 9.71. The van der Waals surface area contributed by atoms with Gasteiger partial charge in [0.25, 0.3) is 0 Å². The fraction of sp³-hybridized carbons (Fsp3) is 0.706. The maximum absolute atomic E-state index is 4.75. The minimum atomic E-state index is 0.132. The molecule has 0 fully saturated rings. The molecule has 0 saturated carbocycles. The summed E-state index contributed by atoms with van der Waals surface area (Å²) in [5.41, 5.74) is 2.60. The Balaban J connectivity index is 2.83. The van der Waals surface area contributed by atoms with Gasteiger partial charge in [-0.15, -0.1) is 0 Å². The third kappa shape index (κ3) is 6.91. The zero-order valence-corrected chi connectivity index (χ0v) is 14.8. The summed E-state index contributed by atoms with van der Waals surface area (Å²) >= 11 is 0. The van der Waals surface area contributed by atoms with Crippen LogP contribution in [0.3, 0.4) is 0 Å². The number of rotatable bonds is 7. The lowest BCUT2D eigenvalue weighted by atomic mass is 10.1. The van der Waals surface area contributed by atoms with Crippen molar-refractivity contribution in [2.45, 2.75) is 46.2 Å². The molecule has 1 heterocycles. The van der Waals surface area contributed by atoms with Crippen molar-refractivity contribution in [1.82, 2.24) is 15.2 Å². The Labute approximate surface area is 130 Å². The van der Waals surface area contributed by atoms with Crippen LogP contribution in [-0.2, 0) is 13.0 Å². The molecule has 0 unspecified atom stereocenters. The number of pyridine rings is 1. The van der Waals surface area contributed by atoms with Crippen LogP contribution in [0.2, 0.25) is 0 Å². The highest BCUT2D eigenvalue weighted by atomic mass is 15.2. The standard InChI is InChI=1S/C17H32N4/c1-8-15-11-14(13-18-17(2,3)4)12-16(19-15)21(7)10-9-20(5)6/h11-12,18H,8-10,13H2,1-7H3. The molecule has 1 N–H and O–H groups in total. The average molecular weight is 292 g/mol. The van der Waals surface area contributed by atoms with E-state index in [2.05, 4.69) is 76.1 Å². The van der Waals surface area contributed by atoms with Crippen molar-refractivity contribution in [3.05, 3.63) is 23.4 Å². The van der Waals surface area contributed by atoms with E-state index in [0.29, 0.717) is 0 Å². The van der Waals surface area contributed by atoms with Gasteiger partial charge >= 0.3 is 0 Å². The lowest BCUT2D eigenvalue weighted by Crippen LogP contribution is -2.35. The van der Waals surface area contributed by atoms with E-state index in [-0.39, 0.29) is 5.54 Å². The number of aryl methyl sites for hydroxylation is 1. The van der Waals surface area contributed by atoms with Crippen molar-refractivity contribution in [3.63, 3.8) is 0 Å². The van der Waals surface area contributed by atoms with Crippen molar-refractivity contribution in [1.29, 1.82) is 0 Å². The van der Waals surface area contributed by atoms with E-state index in [1.807, 2.05) is 0 Å². The molecule has 120 valence electrons. The summed E-state index contributed by atoms with van der Waals surface area (Å²) in [5.74, 6) is 1.07. The predicted molar refractivity (Wildman–Crippen MR) is 92.0 cm³/mol. The van der Waals surface area contributed by atoms with Crippen LogP contribution >= 0.6 is 0 Å². The van der Waals surface area contributed by atoms with Crippen LogP contribution in [0.15, 0.2) is 12.1 Å². The van der Waals surface area contributed by atoms with Crippen LogP contribution < -0.4 is 10.2 Å². The van der Waals surface area contributed by atoms with Gasteiger partial charge in [0.05, 0.1) is 0 Å². The number of hydrogen-bond donors (Lipinski definition) is 1. The zero-order valence-electron chi connectivity index (χ0n) is 14.8. The van der Waals surface area contributed by atoms with E-state index >= 15 is 0 Å². The Morgan fingerprint density at radius 3 is 2.29 bits per heavy atom. The average Bonchev–Trinajstić information content (AvgIpc) is 2.41. The van der Waals surface area contributed by atoms with Crippen molar-refractivity contribution in [3.8, 4) is 0 Å². The molecule has 1 rings (SSSR count). The summed E-state index contributed by atoms with van der Waals surface area (Å²) in [6, 6.07) is 4.41. The number of hydrogen-bond acceptors (Lipinski definition) is 4. The second-order valence-corrected chi connectivity index (χ2v) is 7.01. The summed E-state index contributed by atoms with van der Waals surface area (Å²) in [5, 5.41) is 3.55. The number of nitrogens with one attached hydrogen (secondary N) is 1. The maximum atomic E-state index is 4.75. The van der Waals surface area contributed by atoms with Gasteiger partial charge < -0.3 is 15.1 Å². The van der Waals surface area contributed by atoms with E-state index < -0.39 is 0 Å². The van der Waals surface area contributed by atoms with Gasteiger partial charge in [0, 0.05) is 37.9 Å². The quantitative estimate of drug-likeness (QED) is 0.837. The normalized spacial score (nSPS) is 12.0. The lowest BCUT2D eigenvalue weighted by Gasteiger charge is -2.23. The van der Waals surface area contributed by atoms with Crippen molar-refractivity contribution < 1.29 is 0 Å². The molecular formula is C17H32N4. The third-order valence-corrected chi connectivity index (χ3v) is 3.38. The van der Waals surface area contributed by atoms with Crippen LogP contribution in [0.4, 0.5) is 5.82 Å². The van der Waals surface area contributed by atoms with Crippen LogP contribution in [0.1, 0.15) is 39.0 Å². The van der Waals surface area contributed by atoms with Crippen molar-refractivity contribution in [2.24, 2.45) is 0 Å². The second-order valence-electron chi connectivity index (χ2n) is 7.01. The molecule has 0 atom stereocenters. The first-order valence-electron chi connectivity index (χ1n) is 7.82. The molecule has 0 spiro atoms. The van der Waals surface area contributed by atoms with E-state index in [4.69, 9.17) is 4.98 Å². The number of anilines is 1. The molecule has 0 amide bonds. The van der Waals surface area contributed by atoms with Crippen LogP contribution in [-0.4, -0.2) is 49.7 Å². The van der Waals surface area contributed by atoms with E-state index in [1.54, 1.807) is 0 Å². The Kier molecular flexibility index (Phi) is 6.62. The van der Waals surface area contributed by atoms with Gasteiger partial charge in [-0.25, -0.2) is 4.98 Å². The van der Waals surface area contributed by atoms with Gasteiger partial charge in [0.1, 0.15) is 5.82 Å². The zero-order chi connectivity index (χ0) is 16.0. The molecule has 0 aliphatic rings. The molecule has 1 aromatic rings. The van der Waals surface area contributed by atoms with Crippen LogP contribution in [0, 0.1) is 0 Å². The number of nitrogens with zero attached hydrogens (tertiary/aromatic N) is 3. The van der Waals surface area contributed by atoms with Gasteiger partial charge in [-0.1, -0.05) is 6.92 Å². The number of aromatic nitrogens is 1. The summed E-state index contributed by atoms with van der Waals surface area (Å²) < 4.78 is 0. The molecule has 4 heteroatoms. The summed E-state index contributed by atoms with van der Waals surface area (Å²) in [6.45, 7) is 11.6. The van der Waals surface area contributed by atoms with Gasteiger partial charge in [-0.3, -0.25) is 0 Å². The second kappa shape index (κ2) is 7.76. The highest BCUT2D eigenvalue weighted by molar-refractivity contribution is 5.42. The Morgan fingerprint density at radius 1 is 1.10 bits per heavy atom. The summed E-state index contributed by atoms with van der Waals surface area (Å²) in [7, 11) is 6.32. The first-order valence-corrected chi connectivity index (χ1v) is 7.82. The van der Waals surface area contributed by atoms with Gasteiger partial charge in [-0.2, -0.15) is 0 Å². The van der Waals surface area contributed by atoms with E-state index in [0.717, 1.165) is 37.6 Å². The third-order valence-electron chi connectivity index (χ3n) is 3.38. The largest absolute Gasteiger partial charge is 0.358 e. The van der Waals surface area contributed by atoms with Gasteiger partial charge in [-0.05, 0) is 59.0 Å². The van der Waals surface area contributed by atoms with E-state index in [9.17, 15) is 0 Å². The molecular weight excluding hydrogens is 260 g/mol. The predicted octanol–water partition coefficient (Wildman–Crippen LogP) is 2.53. The molecule has 21 heavy (non-hydrogen) atoms. The Bertz CT molecular complexity index is 435. The van der Waals surface area contributed by atoms with Crippen LogP contribution in [0.25, 0.3) is 0 Å². The fourth-order valence-electron chi connectivity index (χ4n) is 1.94. The molecule has 4 nitrogen and oxygen atoms in total. The fourth-order valence-corrected chi connectivity index (χ4v) is 1.94. The van der Waals surface area contributed by atoms with Crippen LogP contribution in [0.5, 0.6) is 0 Å². The Hall–Kier alpha value is -1.13. The highest BCUT2D eigenvalue weighted by Crippen LogP contribution is 2.15. The molecule has 0 aromatic carbocycles. The van der Waals surface area contributed by atoms with E-state index in [1.165, 1.54) is 5.56 Å². The number of likely N-dealkylation sites (N-methyl/N-ethyl adjacent to an activating group) is 2. The van der Waals surface area contributed by atoms with Gasteiger partial charge in [0.15, 0.2) is 0 Å². The topological polar surface area (TPSA) is 31.4 Å². The SMILES string of the molecule is CCc1cc(CNC(C)(C)C)cc(N(C)CCN(C)C)n1. The smallest absolute Gasteiger partial charge is 0.128 e. The molecule has 0 aliphatic heterocycles. The minimum absolute atomic E-state index is 0.132. The molecule has 0 bridgehead atoms. The summed E-state index contributed by atoms with van der Waals surface area (Å²) in [6.07, 6.45) is 0.970. The Morgan fingerprint density at radius 2 is 1.76 bits per heavy atom. The van der Waals surface area contributed by atoms with Crippen molar-refractivity contribution >= 4 is 5.82 Å². The summed E-state index contributed by atoms with van der Waals surface area (Å²) in [4.78, 5) is 9.19. The lowest BCUT2D eigenvalue weighted by molar-refractivity contribution is 0.416. The minimum Gasteiger partial charge on any atom is -0.358 e. The molecule has 0 saturated heterocycles. The molecule has 1 aromatic heterocycles. The molecule has 0 radical (unpaired) electrons. The highest BCUT2D eigenvalue weighted by Gasteiger charge is 2.11. The van der Waals surface area contributed by atoms with Gasteiger partial charge in [0.2, 0.25) is 0 Å². The first kappa shape index (κ1) is 17.9. The van der Waals surface area contributed by atoms with Crippen molar-refractivity contribution in [2.75, 3.05) is 39.1 Å². The maximum Gasteiger partial charge on any atom is 0.128 e. The monoisotopic (exact) mass is 292 g/mol.